The molecule has 0 bridgehead atoms. The fraction of sp³-hybridized carbons (Fsp3) is 0.333. The van der Waals surface area contributed by atoms with Crippen molar-refractivity contribution in [2.24, 2.45) is 0 Å². The topological polar surface area (TPSA) is 128 Å². The fourth-order valence-corrected chi connectivity index (χ4v) is 4.78. The molecule has 3 aromatic rings. The number of hydrogen-bond acceptors (Lipinski definition) is 10. The lowest BCUT2D eigenvalue weighted by atomic mass is 10.2. The largest absolute Gasteiger partial charge is 0.484 e. The maximum Gasteiger partial charge on any atom is 0.264 e. The standard InChI is InChI=1S/C24H26N6O4S2/c31-19(15-33-17-9-3-1-4-10-17)25-23-29-27-21(35-23)13-7-8-14-22-28-30-24(36-22)26-20(32)16-34-18-11-5-2-6-12-18/h1,3-5,9-12H,2,6-8,13-16H2,(H,25,29,31)(H,26,30,32). The SMILES string of the molecule is O=C(COC1=CCCC=C1)Nc1nnc(CCCCc2nnc(NC(=O)COc3ccccc3)s2)s1. The number of unbranched alkanes of at least 4 members (excludes halogenated alkanes) is 1. The molecular weight excluding hydrogens is 500 g/mol. The average molecular weight is 527 g/mol. The van der Waals surface area contributed by atoms with Crippen molar-refractivity contribution in [1.82, 2.24) is 20.4 Å². The zero-order chi connectivity index (χ0) is 25.0. The smallest absolute Gasteiger partial charge is 0.264 e. The van der Waals surface area contributed by atoms with Gasteiger partial charge in [0.2, 0.25) is 10.3 Å². The number of anilines is 2. The monoisotopic (exact) mass is 526 g/mol. The summed E-state index contributed by atoms with van der Waals surface area (Å²) in [7, 11) is 0. The number of aryl methyl sites for hydroxylation is 2. The van der Waals surface area contributed by atoms with Crippen LogP contribution in [0.1, 0.15) is 35.7 Å². The molecule has 188 valence electrons. The van der Waals surface area contributed by atoms with Gasteiger partial charge in [0.05, 0.1) is 0 Å². The van der Waals surface area contributed by atoms with Crippen LogP contribution in [-0.2, 0) is 27.2 Å². The Morgan fingerprint density at radius 1 is 0.806 bits per heavy atom. The summed E-state index contributed by atoms with van der Waals surface area (Å²) in [6, 6.07) is 9.15. The molecule has 2 amide bonds. The first-order valence-corrected chi connectivity index (χ1v) is 13.2. The molecule has 1 aliphatic carbocycles. The number of amides is 2. The van der Waals surface area contributed by atoms with E-state index in [4.69, 9.17) is 9.47 Å². The lowest BCUT2D eigenvalue weighted by Gasteiger charge is -2.08. The highest BCUT2D eigenvalue weighted by atomic mass is 32.1. The first-order valence-electron chi connectivity index (χ1n) is 11.6. The number of benzene rings is 1. The quantitative estimate of drug-likeness (QED) is 0.318. The maximum absolute atomic E-state index is 12.1. The van der Waals surface area contributed by atoms with Gasteiger partial charge < -0.3 is 9.47 Å². The predicted molar refractivity (Wildman–Crippen MR) is 138 cm³/mol. The van der Waals surface area contributed by atoms with Gasteiger partial charge >= 0.3 is 0 Å². The Morgan fingerprint density at radius 2 is 1.42 bits per heavy atom. The summed E-state index contributed by atoms with van der Waals surface area (Å²) >= 11 is 2.71. The fourth-order valence-electron chi connectivity index (χ4n) is 3.18. The van der Waals surface area contributed by atoms with Crippen molar-refractivity contribution in [1.29, 1.82) is 0 Å². The third-order valence-electron chi connectivity index (χ3n) is 4.90. The van der Waals surface area contributed by atoms with Crippen LogP contribution in [0, 0.1) is 0 Å². The highest BCUT2D eigenvalue weighted by Gasteiger charge is 2.11. The van der Waals surface area contributed by atoms with Crippen LogP contribution >= 0.6 is 22.7 Å². The zero-order valence-electron chi connectivity index (χ0n) is 19.5. The number of allylic oxidation sites excluding steroid dienone is 3. The van der Waals surface area contributed by atoms with Crippen molar-refractivity contribution in [3.63, 3.8) is 0 Å². The van der Waals surface area contributed by atoms with Gasteiger partial charge in [-0.2, -0.15) is 0 Å². The molecule has 0 saturated heterocycles. The Morgan fingerprint density at radius 3 is 2.00 bits per heavy atom. The van der Waals surface area contributed by atoms with Crippen molar-refractivity contribution in [3.8, 4) is 5.75 Å². The molecule has 4 rings (SSSR count). The molecule has 2 N–H and O–H groups in total. The van der Waals surface area contributed by atoms with Gasteiger partial charge in [0, 0.05) is 12.8 Å². The summed E-state index contributed by atoms with van der Waals surface area (Å²) in [6.45, 7) is -0.152. The highest BCUT2D eigenvalue weighted by Crippen LogP contribution is 2.20. The van der Waals surface area contributed by atoms with Crippen molar-refractivity contribution in [3.05, 3.63) is 64.3 Å². The second-order valence-electron chi connectivity index (χ2n) is 7.78. The minimum atomic E-state index is -0.282. The number of ether oxygens (including phenoxy) is 2. The molecule has 0 aliphatic heterocycles. The first-order chi connectivity index (χ1) is 17.6. The highest BCUT2D eigenvalue weighted by molar-refractivity contribution is 7.15. The second-order valence-corrected chi connectivity index (χ2v) is 9.91. The van der Waals surface area contributed by atoms with E-state index in [1.54, 1.807) is 12.1 Å². The molecule has 0 unspecified atom stereocenters. The Bertz CT molecular complexity index is 1210. The molecule has 0 fully saturated rings. The summed E-state index contributed by atoms with van der Waals surface area (Å²) in [5.41, 5.74) is 0. The normalized spacial score (nSPS) is 12.6. The Kier molecular flexibility index (Phi) is 9.51. The van der Waals surface area contributed by atoms with Crippen molar-refractivity contribution < 1.29 is 19.1 Å². The molecule has 2 heterocycles. The van der Waals surface area contributed by atoms with E-state index in [9.17, 15) is 9.59 Å². The van der Waals surface area contributed by atoms with Crippen molar-refractivity contribution in [2.75, 3.05) is 23.8 Å². The lowest BCUT2D eigenvalue weighted by Crippen LogP contribution is -2.20. The number of carbonyl (C=O) groups excluding carboxylic acids is 2. The second kappa shape index (κ2) is 13.4. The van der Waals surface area contributed by atoms with Crippen molar-refractivity contribution in [2.45, 2.75) is 38.5 Å². The molecule has 1 aliphatic rings. The molecule has 0 saturated carbocycles. The van der Waals surface area contributed by atoms with E-state index in [0.717, 1.165) is 54.3 Å². The van der Waals surface area contributed by atoms with Crippen molar-refractivity contribution >= 4 is 44.8 Å². The van der Waals surface area contributed by atoms with Gasteiger partial charge in [0.1, 0.15) is 21.5 Å². The number of nitrogens with zero attached hydrogens (tertiary/aromatic N) is 4. The van der Waals surface area contributed by atoms with E-state index < -0.39 is 0 Å². The number of hydrogen-bond donors (Lipinski definition) is 2. The molecule has 12 heteroatoms. The molecule has 10 nitrogen and oxygen atoms in total. The van der Waals surface area contributed by atoms with Gasteiger partial charge in [-0.3, -0.25) is 20.2 Å². The van der Waals surface area contributed by atoms with Crippen LogP contribution in [0.4, 0.5) is 10.3 Å². The van der Waals surface area contributed by atoms with Gasteiger partial charge in [-0.15, -0.1) is 20.4 Å². The summed E-state index contributed by atoms with van der Waals surface area (Å²) in [6.07, 6.45) is 11.1. The van der Waals surface area contributed by atoms with E-state index in [1.807, 2.05) is 36.4 Å². The number of rotatable bonds is 13. The van der Waals surface area contributed by atoms with Gasteiger partial charge in [-0.25, -0.2) is 0 Å². The molecule has 2 aromatic heterocycles. The zero-order valence-corrected chi connectivity index (χ0v) is 21.1. The van der Waals surface area contributed by atoms with Crippen LogP contribution in [-0.4, -0.2) is 45.4 Å². The van der Waals surface area contributed by atoms with E-state index in [-0.39, 0.29) is 25.0 Å². The van der Waals surface area contributed by atoms with E-state index in [0.29, 0.717) is 16.0 Å². The molecule has 0 spiro atoms. The third kappa shape index (κ3) is 8.54. The van der Waals surface area contributed by atoms with Crippen LogP contribution in [0.2, 0.25) is 0 Å². The van der Waals surface area contributed by atoms with Crippen LogP contribution in [0.25, 0.3) is 0 Å². The van der Waals surface area contributed by atoms with Gasteiger partial charge in [-0.05, 0) is 50.0 Å². The third-order valence-corrected chi connectivity index (χ3v) is 6.70. The van der Waals surface area contributed by atoms with Gasteiger partial charge in [-0.1, -0.05) is 46.9 Å². The lowest BCUT2D eigenvalue weighted by molar-refractivity contribution is -0.119. The number of para-hydroxylation sites is 1. The van der Waals surface area contributed by atoms with E-state index in [2.05, 4.69) is 31.0 Å². The average Bonchev–Trinajstić information content (AvgIpc) is 3.54. The number of carbonyl (C=O) groups is 2. The number of aromatic nitrogens is 4. The minimum Gasteiger partial charge on any atom is -0.484 e. The molecule has 0 atom stereocenters. The summed E-state index contributed by atoms with van der Waals surface area (Å²) in [4.78, 5) is 24.1. The van der Waals surface area contributed by atoms with Crippen LogP contribution in [0.5, 0.6) is 5.75 Å². The predicted octanol–water partition coefficient (Wildman–Crippen LogP) is 4.16. The summed E-state index contributed by atoms with van der Waals surface area (Å²) in [5, 5.41) is 24.4. The molecule has 1 aromatic carbocycles. The Labute approximate surface area is 216 Å². The van der Waals surface area contributed by atoms with Gasteiger partial charge in [0.15, 0.2) is 13.2 Å². The molecule has 36 heavy (non-hydrogen) atoms. The summed E-state index contributed by atoms with van der Waals surface area (Å²) in [5.74, 6) is 0.810. The van der Waals surface area contributed by atoms with Gasteiger partial charge in [0.25, 0.3) is 11.8 Å². The molecular formula is C24H26N6O4S2. The maximum atomic E-state index is 12.1. The summed E-state index contributed by atoms with van der Waals surface area (Å²) < 4.78 is 10.9. The molecule has 0 radical (unpaired) electrons. The van der Waals surface area contributed by atoms with Crippen LogP contribution < -0.4 is 15.4 Å². The first kappa shape index (κ1) is 25.5. The Hall–Kier alpha value is -3.64. The van der Waals surface area contributed by atoms with Crippen LogP contribution in [0.15, 0.2) is 54.3 Å². The van der Waals surface area contributed by atoms with E-state index in [1.165, 1.54) is 22.7 Å². The van der Waals surface area contributed by atoms with Crippen LogP contribution in [0.3, 0.4) is 0 Å². The minimum absolute atomic E-state index is 0.0601. The Balaban J connectivity index is 1.10. The number of nitrogens with one attached hydrogen (secondary N) is 2. The van der Waals surface area contributed by atoms with E-state index >= 15 is 0 Å².